The van der Waals surface area contributed by atoms with Crippen molar-refractivity contribution < 1.29 is 19.1 Å². The Kier molecular flexibility index (Phi) is 3.74. The van der Waals surface area contributed by atoms with Crippen LogP contribution in [0.2, 0.25) is 0 Å². The Bertz CT molecular complexity index is 495. The molecular weight excluding hydrogens is 278 g/mol. The van der Waals surface area contributed by atoms with Gasteiger partial charge in [-0.1, -0.05) is 12.8 Å². The third-order valence-electron chi connectivity index (χ3n) is 4.06. The van der Waals surface area contributed by atoms with Gasteiger partial charge in [0, 0.05) is 6.04 Å². The molecule has 108 valence electrons. The minimum Gasteiger partial charge on any atom is -0.480 e. The lowest BCUT2D eigenvalue weighted by Gasteiger charge is -2.41. The normalized spacial score (nSPS) is 28.0. The number of aliphatic carboxylic acids is 1. The van der Waals surface area contributed by atoms with Crippen LogP contribution in [0.25, 0.3) is 0 Å². The summed E-state index contributed by atoms with van der Waals surface area (Å²) in [5.41, 5.74) is 0. The van der Waals surface area contributed by atoms with Crippen molar-refractivity contribution in [1.82, 2.24) is 4.90 Å². The molecule has 0 spiro atoms. The molecule has 3 rings (SSSR count). The number of furan rings is 1. The summed E-state index contributed by atoms with van der Waals surface area (Å²) >= 11 is 1.20. The summed E-state index contributed by atoms with van der Waals surface area (Å²) in [5.74, 6) is -0.0393. The van der Waals surface area contributed by atoms with Crippen LogP contribution >= 0.6 is 11.8 Å². The smallest absolute Gasteiger partial charge is 0.319 e. The lowest BCUT2D eigenvalue weighted by Crippen LogP contribution is -2.51. The van der Waals surface area contributed by atoms with Gasteiger partial charge in [-0.2, -0.15) is 0 Å². The zero-order chi connectivity index (χ0) is 14.1. The number of carbonyl (C=O) groups excluding carboxylic acids is 1. The van der Waals surface area contributed by atoms with Crippen molar-refractivity contribution in [3.05, 3.63) is 24.2 Å². The molecule has 2 fully saturated rings. The zero-order valence-electron chi connectivity index (χ0n) is 11.0. The second-order valence-electron chi connectivity index (χ2n) is 5.27. The molecule has 5 nitrogen and oxygen atoms in total. The first-order valence-corrected chi connectivity index (χ1v) is 7.92. The van der Waals surface area contributed by atoms with Gasteiger partial charge in [-0.25, -0.2) is 0 Å². The molecule has 1 aliphatic carbocycles. The molecule has 1 saturated carbocycles. The lowest BCUT2D eigenvalue weighted by atomic mass is 10.0. The molecule has 2 aliphatic rings. The molecule has 1 aromatic rings. The summed E-state index contributed by atoms with van der Waals surface area (Å²) in [6, 6.07) is 3.17. The Morgan fingerprint density at radius 1 is 1.40 bits per heavy atom. The average molecular weight is 295 g/mol. The Morgan fingerprint density at radius 2 is 2.15 bits per heavy atom. The van der Waals surface area contributed by atoms with Crippen molar-refractivity contribution >= 4 is 23.6 Å². The SMILES string of the molecule is O=C(O)C1SCC(=O)N(C2CCCC2)C1c1ccco1. The van der Waals surface area contributed by atoms with E-state index in [-0.39, 0.29) is 17.7 Å². The van der Waals surface area contributed by atoms with E-state index >= 15 is 0 Å². The van der Waals surface area contributed by atoms with Gasteiger partial charge in [0.25, 0.3) is 0 Å². The van der Waals surface area contributed by atoms with Crippen molar-refractivity contribution in [3.8, 4) is 0 Å². The van der Waals surface area contributed by atoms with E-state index in [1.165, 1.54) is 18.0 Å². The maximum atomic E-state index is 12.3. The number of amides is 1. The molecule has 2 unspecified atom stereocenters. The molecule has 1 N–H and O–H groups in total. The van der Waals surface area contributed by atoms with Gasteiger partial charge in [0.15, 0.2) is 0 Å². The molecule has 1 aromatic heterocycles. The Labute approximate surface area is 121 Å². The molecule has 0 radical (unpaired) electrons. The second-order valence-corrected chi connectivity index (χ2v) is 6.40. The minimum absolute atomic E-state index is 0.0285. The quantitative estimate of drug-likeness (QED) is 0.926. The van der Waals surface area contributed by atoms with Gasteiger partial charge in [0.2, 0.25) is 5.91 Å². The van der Waals surface area contributed by atoms with Crippen LogP contribution in [0.1, 0.15) is 37.5 Å². The van der Waals surface area contributed by atoms with Crippen molar-refractivity contribution in [1.29, 1.82) is 0 Å². The predicted octanol–water partition coefficient (Wildman–Crippen LogP) is 2.29. The van der Waals surface area contributed by atoms with Crippen LogP contribution in [0, 0.1) is 0 Å². The van der Waals surface area contributed by atoms with E-state index in [9.17, 15) is 14.7 Å². The number of carboxylic acid groups (broad SMARTS) is 1. The highest BCUT2D eigenvalue weighted by Crippen LogP contribution is 2.41. The topological polar surface area (TPSA) is 70.8 Å². The van der Waals surface area contributed by atoms with Crippen LogP contribution in [0.3, 0.4) is 0 Å². The van der Waals surface area contributed by atoms with E-state index in [1.54, 1.807) is 17.0 Å². The first-order valence-electron chi connectivity index (χ1n) is 6.87. The van der Waals surface area contributed by atoms with E-state index in [0.717, 1.165) is 25.7 Å². The maximum Gasteiger partial charge on any atom is 0.319 e. The van der Waals surface area contributed by atoms with Crippen molar-refractivity contribution in [2.75, 3.05) is 5.75 Å². The number of carbonyl (C=O) groups is 2. The van der Waals surface area contributed by atoms with Gasteiger partial charge in [-0.05, 0) is 25.0 Å². The summed E-state index contributed by atoms with van der Waals surface area (Å²) in [5, 5.41) is 8.80. The number of nitrogens with zero attached hydrogens (tertiary/aromatic N) is 1. The molecule has 2 atom stereocenters. The zero-order valence-corrected chi connectivity index (χ0v) is 11.8. The van der Waals surface area contributed by atoms with Gasteiger partial charge in [-0.3, -0.25) is 9.59 Å². The number of carboxylic acids is 1. The second kappa shape index (κ2) is 5.52. The van der Waals surface area contributed by atoms with Gasteiger partial charge < -0.3 is 14.4 Å². The van der Waals surface area contributed by atoms with Crippen LogP contribution < -0.4 is 0 Å². The Morgan fingerprint density at radius 3 is 2.75 bits per heavy atom. The van der Waals surface area contributed by atoms with Crippen molar-refractivity contribution in [2.24, 2.45) is 0 Å². The molecule has 6 heteroatoms. The van der Waals surface area contributed by atoms with Crippen molar-refractivity contribution in [2.45, 2.75) is 43.0 Å². The van der Waals surface area contributed by atoms with Gasteiger partial charge in [0.1, 0.15) is 17.1 Å². The van der Waals surface area contributed by atoms with E-state index in [0.29, 0.717) is 5.76 Å². The van der Waals surface area contributed by atoms with E-state index in [1.807, 2.05) is 0 Å². The predicted molar refractivity (Wildman–Crippen MR) is 74.4 cm³/mol. The van der Waals surface area contributed by atoms with E-state index in [2.05, 4.69) is 0 Å². The average Bonchev–Trinajstić information content (AvgIpc) is 3.11. The van der Waals surface area contributed by atoms with Crippen molar-refractivity contribution in [3.63, 3.8) is 0 Å². The van der Waals surface area contributed by atoms with Gasteiger partial charge in [0.05, 0.1) is 12.0 Å². The third kappa shape index (κ3) is 2.32. The lowest BCUT2D eigenvalue weighted by molar-refractivity contribution is -0.142. The first kappa shape index (κ1) is 13.5. The number of hydrogen-bond acceptors (Lipinski definition) is 4. The highest BCUT2D eigenvalue weighted by molar-refractivity contribution is 8.01. The number of hydrogen-bond donors (Lipinski definition) is 1. The monoisotopic (exact) mass is 295 g/mol. The molecular formula is C14H17NO4S. The van der Waals surface area contributed by atoms with Gasteiger partial charge in [-0.15, -0.1) is 11.8 Å². The first-order chi connectivity index (χ1) is 9.68. The maximum absolute atomic E-state index is 12.3. The van der Waals surface area contributed by atoms with Crippen LogP contribution in [-0.4, -0.2) is 38.9 Å². The fraction of sp³-hybridized carbons (Fsp3) is 0.571. The fourth-order valence-corrected chi connectivity index (χ4v) is 4.25. The van der Waals surface area contributed by atoms with Crippen LogP contribution in [-0.2, 0) is 9.59 Å². The third-order valence-corrected chi connectivity index (χ3v) is 5.29. The minimum atomic E-state index is -0.883. The standard InChI is InChI=1S/C14H17NO4S/c16-11-8-20-13(14(17)18)12(10-6-3-7-19-10)15(11)9-4-1-2-5-9/h3,6-7,9,12-13H,1-2,4-5,8H2,(H,17,18). The molecule has 1 amide bonds. The molecule has 1 aliphatic heterocycles. The molecule has 1 saturated heterocycles. The summed E-state index contributed by atoms with van der Waals surface area (Å²) in [6.45, 7) is 0. The van der Waals surface area contributed by atoms with Gasteiger partial charge >= 0.3 is 5.97 Å². The fourth-order valence-electron chi connectivity index (χ4n) is 3.19. The summed E-state index contributed by atoms with van der Waals surface area (Å²) in [6.07, 6.45) is 5.65. The number of thioether (sulfide) groups is 1. The Hall–Kier alpha value is -1.43. The molecule has 20 heavy (non-hydrogen) atoms. The summed E-state index contributed by atoms with van der Waals surface area (Å²) < 4.78 is 5.42. The highest BCUT2D eigenvalue weighted by atomic mass is 32.2. The highest BCUT2D eigenvalue weighted by Gasteiger charge is 2.46. The van der Waals surface area contributed by atoms with E-state index in [4.69, 9.17) is 4.42 Å². The number of rotatable bonds is 3. The summed E-state index contributed by atoms with van der Waals surface area (Å²) in [7, 11) is 0. The summed E-state index contributed by atoms with van der Waals surface area (Å²) in [4.78, 5) is 25.6. The largest absolute Gasteiger partial charge is 0.480 e. The van der Waals surface area contributed by atoms with Crippen LogP contribution in [0.5, 0.6) is 0 Å². The Balaban J connectivity index is 1.97. The molecule has 0 aromatic carbocycles. The van der Waals surface area contributed by atoms with E-state index < -0.39 is 17.3 Å². The van der Waals surface area contributed by atoms with Crippen LogP contribution in [0.4, 0.5) is 0 Å². The molecule has 2 heterocycles. The van der Waals surface area contributed by atoms with Crippen LogP contribution in [0.15, 0.2) is 22.8 Å². The molecule has 0 bridgehead atoms.